The first kappa shape index (κ1) is 24.2. The van der Waals surface area contributed by atoms with E-state index in [2.05, 4.69) is 34.0 Å². The van der Waals surface area contributed by atoms with E-state index in [0.717, 1.165) is 36.7 Å². The van der Waals surface area contributed by atoms with Crippen LogP contribution in [-0.2, 0) is 27.9 Å². The third-order valence-electron chi connectivity index (χ3n) is 5.66. The van der Waals surface area contributed by atoms with Crippen molar-refractivity contribution in [2.45, 2.75) is 44.7 Å². The molecule has 0 bridgehead atoms. The minimum absolute atomic E-state index is 0.184. The summed E-state index contributed by atoms with van der Waals surface area (Å²) in [6.45, 7) is 8.01. The fourth-order valence-electron chi connectivity index (χ4n) is 4.00. The topological polar surface area (TPSA) is 78.5 Å². The third kappa shape index (κ3) is 7.02. The number of benzene rings is 2. The molecule has 172 valence electrons. The van der Waals surface area contributed by atoms with Crippen molar-refractivity contribution in [1.29, 1.82) is 0 Å². The SMILES string of the molecule is CCNS(=O)(=O)c1ccc(/C=C/C(=O)NCc2ccccc2CN2CCCC(C)C2)cc1. The lowest BCUT2D eigenvalue weighted by Crippen LogP contribution is -2.34. The van der Waals surface area contributed by atoms with Gasteiger partial charge in [0.2, 0.25) is 15.9 Å². The fraction of sp³-hybridized carbons (Fsp3) is 0.400. The van der Waals surface area contributed by atoms with Crippen molar-refractivity contribution in [3.63, 3.8) is 0 Å². The molecule has 0 radical (unpaired) electrons. The normalized spacial score (nSPS) is 17.5. The molecule has 6 nitrogen and oxygen atoms in total. The van der Waals surface area contributed by atoms with Gasteiger partial charge in [0.05, 0.1) is 4.90 Å². The van der Waals surface area contributed by atoms with Crippen LogP contribution in [0.25, 0.3) is 6.08 Å². The number of hydrogen-bond acceptors (Lipinski definition) is 4. The first-order valence-corrected chi connectivity index (χ1v) is 12.7. The van der Waals surface area contributed by atoms with Gasteiger partial charge in [0.15, 0.2) is 0 Å². The summed E-state index contributed by atoms with van der Waals surface area (Å²) in [7, 11) is -3.47. The Kier molecular flexibility index (Phi) is 8.61. The second-order valence-corrected chi connectivity index (χ2v) is 10.1. The summed E-state index contributed by atoms with van der Waals surface area (Å²) in [6, 6.07) is 14.7. The summed E-state index contributed by atoms with van der Waals surface area (Å²) in [5, 5.41) is 2.96. The molecular formula is C25H33N3O3S. The van der Waals surface area contributed by atoms with Gasteiger partial charge in [-0.15, -0.1) is 0 Å². The van der Waals surface area contributed by atoms with Crippen LogP contribution in [0.3, 0.4) is 0 Å². The zero-order valence-electron chi connectivity index (χ0n) is 18.9. The molecule has 3 rings (SSSR count). The number of likely N-dealkylation sites (tertiary alicyclic amines) is 1. The molecule has 2 aromatic rings. The zero-order chi connectivity index (χ0) is 23.0. The average Bonchev–Trinajstić information content (AvgIpc) is 2.77. The second kappa shape index (κ2) is 11.4. The molecule has 7 heteroatoms. The quantitative estimate of drug-likeness (QED) is 0.567. The standard InChI is InChI=1S/C25H33N3O3S/c1-3-27-32(30,31)24-13-10-21(11-14-24)12-15-25(29)26-17-22-8-4-5-9-23(22)19-28-16-6-7-20(2)18-28/h4-5,8-15,20,27H,3,6-7,16-19H2,1-2H3,(H,26,29)/b15-12+. The van der Waals surface area contributed by atoms with Gasteiger partial charge >= 0.3 is 0 Å². The maximum absolute atomic E-state index is 12.3. The van der Waals surface area contributed by atoms with Crippen LogP contribution in [0.4, 0.5) is 0 Å². The van der Waals surface area contributed by atoms with Crippen LogP contribution in [0.5, 0.6) is 0 Å². The Morgan fingerprint density at radius 3 is 2.53 bits per heavy atom. The first-order valence-electron chi connectivity index (χ1n) is 11.2. The molecular weight excluding hydrogens is 422 g/mol. The number of rotatable bonds is 9. The van der Waals surface area contributed by atoms with Crippen molar-refractivity contribution in [2.75, 3.05) is 19.6 Å². The maximum atomic E-state index is 12.3. The van der Waals surface area contributed by atoms with E-state index in [0.29, 0.717) is 13.1 Å². The average molecular weight is 456 g/mol. The molecule has 1 saturated heterocycles. The predicted octanol–water partition coefficient (Wildman–Crippen LogP) is 3.55. The van der Waals surface area contributed by atoms with E-state index in [4.69, 9.17) is 0 Å². The molecule has 2 N–H and O–H groups in total. The Morgan fingerprint density at radius 2 is 1.84 bits per heavy atom. The van der Waals surface area contributed by atoms with Crippen LogP contribution >= 0.6 is 0 Å². The predicted molar refractivity (Wildman–Crippen MR) is 128 cm³/mol. The summed E-state index contributed by atoms with van der Waals surface area (Å²) >= 11 is 0. The highest BCUT2D eigenvalue weighted by molar-refractivity contribution is 7.89. The van der Waals surface area contributed by atoms with Gasteiger partial charge in [0.1, 0.15) is 0 Å². The smallest absolute Gasteiger partial charge is 0.244 e. The molecule has 1 unspecified atom stereocenters. The molecule has 1 amide bonds. The maximum Gasteiger partial charge on any atom is 0.244 e. The van der Waals surface area contributed by atoms with Gasteiger partial charge in [-0.1, -0.05) is 50.2 Å². The van der Waals surface area contributed by atoms with Gasteiger partial charge in [0, 0.05) is 32.3 Å². The van der Waals surface area contributed by atoms with Crippen molar-refractivity contribution in [1.82, 2.24) is 14.9 Å². The van der Waals surface area contributed by atoms with Crippen LogP contribution in [-0.4, -0.2) is 38.9 Å². The van der Waals surface area contributed by atoms with Crippen molar-refractivity contribution in [3.05, 3.63) is 71.3 Å². The number of nitrogens with one attached hydrogen (secondary N) is 2. The van der Waals surface area contributed by atoms with Gasteiger partial charge in [-0.2, -0.15) is 0 Å². The van der Waals surface area contributed by atoms with E-state index in [1.54, 1.807) is 25.1 Å². The Bertz CT molecular complexity index is 1030. The van der Waals surface area contributed by atoms with E-state index in [1.807, 2.05) is 12.1 Å². The fourth-order valence-corrected chi connectivity index (χ4v) is 5.04. The molecule has 2 aromatic carbocycles. The van der Waals surface area contributed by atoms with Gasteiger partial charge in [0.25, 0.3) is 0 Å². The molecule has 0 aliphatic carbocycles. The van der Waals surface area contributed by atoms with Crippen molar-refractivity contribution in [2.24, 2.45) is 5.92 Å². The van der Waals surface area contributed by atoms with Crippen LogP contribution in [0.2, 0.25) is 0 Å². The highest BCUT2D eigenvalue weighted by Gasteiger charge is 2.17. The first-order chi connectivity index (χ1) is 15.4. The Hall–Kier alpha value is -2.48. The van der Waals surface area contributed by atoms with Crippen LogP contribution < -0.4 is 10.0 Å². The van der Waals surface area contributed by atoms with E-state index in [-0.39, 0.29) is 10.8 Å². The molecule has 1 atom stereocenters. The monoisotopic (exact) mass is 455 g/mol. The molecule has 0 saturated carbocycles. The second-order valence-electron chi connectivity index (χ2n) is 8.37. The molecule has 1 fully saturated rings. The number of carbonyl (C=O) groups excluding carboxylic acids is 1. The summed E-state index contributed by atoms with van der Waals surface area (Å²) in [4.78, 5) is 15.0. The Labute approximate surface area is 191 Å². The van der Waals surface area contributed by atoms with Gasteiger partial charge in [-0.3, -0.25) is 9.69 Å². The summed E-state index contributed by atoms with van der Waals surface area (Å²) in [5.74, 6) is 0.550. The van der Waals surface area contributed by atoms with E-state index < -0.39 is 10.0 Å². The van der Waals surface area contributed by atoms with E-state index in [1.165, 1.54) is 36.6 Å². The zero-order valence-corrected chi connectivity index (χ0v) is 19.7. The number of nitrogens with zero attached hydrogens (tertiary/aromatic N) is 1. The summed E-state index contributed by atoms with van der Waals surface area (Å²) in [5.41, 5.74) is 3.14. The molecule has 32 heavy (non-hydrogen) atoms. The highest BCUT2D eigenvalue weighted by Crippen LogP contribution is 2.19. The Morgan fingerprint density at radius 1 is 1.12 bits per heavy atom. The minimum atomic E-state index is -3.47. The largest absolute Gasteiger partial charge is 0.348 e. The lowest BCUT2D eigenvalue weighted by Gasteiger charge is -2.31. The van der Waals surface area contributed by atoms with Crippen molar-refractivity contribution >= 4 is 22.0 Å². The number of piperidine rings is 1. The van der Waals surface area contributed by atoms with Gasteiger partial charge in [-0.25, -0.2) is 13.1 Å². The van der Waals surface area contributed by atoms with Gasteiger partial charge < -0.3 is 5.32 Å². The molecule has 1 heterocycles. The van der Waals surface area contributed by atoms with Crippen LogP contribution in [0.15, 0.2) is 59.5 Å². The van der Waals surface area contributed by atoms with Crippen molar-refractivity contribution in [3.8, 4) is 0 Å². The minimum Gasteiger partial charge on any atom is -0.348 e. The number of carbonyl (C=O) groups is 1. The third-order valence-corrected chi connectivity index (χ3v) is 7.22. The van der Waals surface area contributed by atoms with Gasteiger partial charge in [-0.05, 0) is 60.2 Å². The molecule has 1 aliphatic rings. The lowest BCUT2D eigenvalue weighted by atomic mass is 9.99. The van der Waals surface area contributed by atoms with Crippen LogP contribution in [0, 0.1) is 5.92 Å². The number of hydrogen-bond donors (Lipinski definition) is 2. The van der Waals surface area contributed by atoms with E-state index >= 15 is 0 Å². The molecule has 0 aromatic heterocycles. The number of amides is 1. The van der Waals surface area contributed by atoms with Crippen molar-refractivity contribution < 1.29 is 13.2 Å². The lowest BCUT2D eigenvalue weighted by molar-refractivity contribution is -0.116. The molecule has 1 aliphatic heterocycles. The van der Waals surface area contributed by atoms with E-state index in [9.17, 15) is 13.2 Å². The molecule has 0 spiro atoms. The highest BCUT2D eigenvalue weighted by atomic mass is 32.2. The summed E-state index contributed by atoms with van der Waals surface area (Å²) < 4.78 is 26.5. The van der Waals surface area contributed by atoms with Crippen LogP contribution in [0.1, 0.15) is 43.4 Å². The summed E-state index contributed by atoms with van der Waals surface area (Å²) in [6.07, 6.45) is 5.70. The Balaban J connectivity index is 1.55. The number of sulfonamides is 1.